The molecule has 7 nitrogen and oxygen atoms in total. The van der Waals surface area contributed by atoms with E-state index in [1.165, 1.54) is 0 Å². The summed E-state index contributed by atoms with van der Waals surface area (Å²) in [5.41, 5.74) is 10.9. The molecule has 130 valence electrons. The van der Waals surface area contributed by atoms with Crippen molar-refractivity contribution >= 4 is 17.7 Å². The molecule has 3 amide bonds. The topological polar surface area (TPSA) is 119 Å². The molecule has 0 radical (unpaired) electrons. The zero-order valence-electron chi connectivity index (χ0n) is 14.0. The molecule has 2 saturated heterocycles. The Labute approximate surface area is 137 Å². The maximum absolute atomic E-state index is 12.9. The van der Waals surface area contributed by atoms with Crippen molar-refractivity contribution < 1.29 is 14.4 Å². The van der Waals surface area contributed by atoms with E-state index in [-0.39, 0.29) is 17.9 Å². The van der Waals surface area contributed by atoms with Gasteiger partial charge in [0.25, 0.3) is 0 Å². The third kappa shape index (κ3) is 3.65. The van der Waals surface area contributed by atoms with Crippen molar-refractivity contribution in [2.45, 2.75) is 76.5 Å². The molecular weight excluding hydrogens is 296 g/mol. The Morgan fingerprint density at radius 1 is 1.17 bits per heavy atom. The lowest BCUT2D eigenvalue weighted by Gasteiger charge is -2.50. The largest absolute Gasteiger partial charge is 0.368 e. The number of fused-ring (bicyclic) bond motifs is 3. The second-order valence-electron chi connectivity index (χ2n) is 6.79. The molecule has 0 unspecified atom stereocenters. The smallest absolute Gasteiger partial charge is 0.240 e. The lowest BCUT2D eigenvalue weighted by Crippen LogP contribution is -2.65. The minimum Gasteiger partial charge on any atom is -0.368 e. The molecule has 0 aromatic carbocycles. The molecule has 5 N–H and O–H groups in total. The molecule has 7 heteroatoms. The molecule has 2 aliphatic heterocycles. The number of nitrogens with one attached hydrogen (secondary N) is 1. The van der Waals surface area contributed by atoms with Gasteiger partial charge in [0.1, 0.15) is 6.04 Å². The van der Waals surface area contributed by atoms with Crippen LogP contribution in [-0.2, 0) is 14.4 Å². The van der Waals surface area contributed by atoms with Crippen molar-refractivity contribution in [2.24, 2.45) is 17.4 Å². The van der Waals surface area contributed by atoms with Crippen molar-refractivity contribution in [3.05, 3.63) is 0 Å². The van der Waals surface area contributed by atoms with E-state index < -0.39 is 29.9 Å². The monoisotopic (exact) mass is 324 g/mol. The van der Waals surface area contributed by atoms with Crippen LogP contribution < -0.4 is 16.8 Å². The Hall–Kier alpha value is -1.63. The molecule has 3 aliphatic rings. The SMILES string of the molecule is CCC[C@H](N[C@@H](C)C(=O)N1C2CCC(CC2)[C@H]1C(N)=O)C(N)=O. The van der Waals surface area contributed by atoms with E-state index in [9.17, 15) is 14.4 Å². The lowest BCUT2D eigenvalue weighted by atomic mass is 9.74. The van der Waals surface area contributed by atoms with Crippen molar-refractivity contribution in [2.75, 3.05) is 0 Å². The van der Waals surface area contributed by atoms with Gasteiger partial charge in [-0.05, 0) is 44.9 Å². The molecule has 0 spiro atoms. The van der Waals surface area contributed by atoms with Gasteiger partial charge in [0.15, 0.2) is 0 Å². The molecule has 2 heterocycles. The summed E-state index contributed by atoms with van der Waals surface area (Å²) in [5.74, 6) is -0.889. The number of amides is 3. The van der Waals surface area contributed by atoms with Crippen molar-refractivity contribution in [3.8, 4) is 0 Å². The fourth-order valence-electron chi connectivity index (χ4n) is 4.03. The number of carbonyl (C=O) groups is 3. The summed E-state index contributed by atoms with van der Waals surface area (Å²) in [6, 6.07) is -1.54. The summed E-state index contributed by atoms with van der Waals surface area (Å²) in [6.45, 7) is 3.67. The summed E-state index contributed by atoms with van der Waals surface area (Å²) >= 11 is 0. The lowest BCUT2D eigenvalue weighted by molar-refractivity contribution is -0.153. The number of hydrogen-bond donors (Lipinski definition) is 3. The van der Waals surface area contributed by atoms with E-state index in [1.807, 2.05) is 6.92 Å². The normalized spacial score (nSPS) is 29.1. The van der Waals surface area contributed by atoms with Crippen LogP contribution >= 0.6 is 0 Å². The van der Waals surface area contributed by atoms with Gasteiger partial charge in [-0.3, -0.25) is 19.7 Å². The van der Waals surface area contributed by atoms with Crippen molar-refractivity contribution in [3.63, 3.8) is 0 Å². The van der Waals surface area contributed by atoms with Crippen LogP contribution in [0.2, 0.25) is 0 Å². The average molecular weight is 324 g/mol. The fourth-order valence-corrected chi connectivity index (χ4v) is 4.03. The predicted octanol–water partition coefficient (Wildman–Crippen LogP) is -0.127. The predicted molar refractivity (Wildman–Crippen MR) is 86.1 cm³/mol. The minimum atomic E-state index is -0.569. The molecule has 1 aliphatic carbocycles. The van der Waals surface area contributed by atoms with Gasteiger partial charge in [0.2, 0.25) is 17.7 Å². The Kier molecular flexibility index (Phi) is 5.62. The van der Waals surface area contributed by atoms with Crippen LogP contribution in [0.25, 0.3) is 0 Å². The second kappa shape index (κ2) is 7.29. The number of nitrogens with zero attached hydrogens (tertiary/aromatic N) is 1. The Morgan fingerprint density at radius 3 is 2.26 bits per heavy atom. The summed E-state index contributed by atoms with van der Waals surface area (Å²) in [7, 11) is 0. The van der Waals surface area contributed by atoms with Gasteiger partial charge in [0.05, 0.1) is 12.1 Å². The van der Waals surface area contributed by atoms with E-state index >= 15 is 0 Å². The summed E-state index contributed by atoms with van der Waals surface area (Å²) in [6.07, 6.45) is 5.10. The molecule has 0 aromatic heterocycles. The van der Waals surface area contributed by atoms with Gasteiger partial charge in [-0.2, -0.15) is 0 Å². The highest BCUT2D eigenvalue weighted by molar-refractivity contribution is 5.90. The second-order valence-corrected chi connectivity index (χ2v) is 6.79. The standard InChI is InChI=1S/C16H28N4O3/c1-3-4-12(14(17)21)19-9(2)16(23)20-11-7-5-10(6-8-11)13(20)15(18)22/h9-13,19H,3-8H2,1-2H3,(H2,17,21)(H2,18,22)/t9-,10?,11?,12-,13-/m0/s1. The van der Waals surface area contributed by atoms with Crippen LogP contribution in [0.5, 0.6) is 0 Å². The fraction of sp³-hybridized carbons (Fsp3) is 0.812. The molecule has 0 aromatic rings. The maximum atomic E-state index is 12.9. The van der Waals surface area contributed by atoms with Gasteiger partial charge in [-0.1, -0.05) is 13.3 Å². The third-order valence-electron chi connectivity index (χ3n) is 5.17. The first-order valence-corrected chi connectivity index (χ1v) is 8.53. The van der Waals surface area contributed by atoms with Crippen molar-refractivity contribution in [1.82, 2.24) is 10.2 Å². The Morgan fingerprint density at radius 2 is 1.78 bits per heavy atom. The number of hydrogen-bond acceptors (Lipinski definition) is 4. The highest BCUT2D eigenvalue weighted by Gasteiger charge is 2.47. The van der Waals surface area contributed by atoms with Crippen molar-refractivity contribution in [1.29, 1.82) is 0 Å². The number of rotatable bonds is 7. The summed E-state index contributed by atoms with van der Waals surface area (Å²) < 4.78 is 0. The molecule has 3 rings (SSSR count). The first kappa shape index (κ1) is 17.7. The molecule has 2 bridgehead atoms. The van der Waals surface area contributed by atoms with Crippen LogP contribution in [-0.4, -0.2) is 46.8 Å². The van der Waals surface area contributed by atoms with Gasteiger partial charge in [-0.15, -0.1) is 0 Å². The molecule has 23 heavy (non-hydrogen) atoms. The van der Waals surface area contributed by atoms with Crippen LogP contribution in [0.3, 0.4) is 0 Å². The van der Waals surface area contributed by atoms with E-state index in [0.29, 0.717) is 6.42 Å². The number of nitrogens with two attached hydrogens (primary N) is 2. The highest BCUT2D eigenvalue weighted by Crippen LogP contribution is 2.39. The Bertz CT molecular complexity index is 474. The van der Waals surface area contributed by atoms with Crippen LogP contribution in [0.15, 0.2) is 0 Å². The minimum absolute atomic E-state index is 0.0763. The first-order valence-electron chi connectivity index (χ1n) is 8.53. The number of carbonyl (C=O) groups excluding carboxylic acids is 3. The molecule has 3 atom stereocenters. The van der Waals surface area contributed by atoms with Gasteiger partial charge < -0.3 is 16.4 Å². The molecular formula is C16H28N4O3. The third-order valence-corrected chi connectivity index (χ3v) is 5.17. The van der Waals surface area contributed by atoms with Gasteiger partial charge in [-0.25, -0.2) is 0 Å². The van der Waals surface area contributed by atoms with Crippen LogP contribution in [0.1, 0.15) is 52.4 Å². The summed E-state index contributed by atoms with van der Waals surface area (Å²) in [5, 5.41) is 3.02. The van der Waals surface area contributed by atoms with E-state index in [0.717, 1.165) is 32.1 Å². The average Bonchev–Trinajstić information content (AvgIpc) is 2.53. The number of primary amides is 2. The first-order chi connectivity index (χ1) is 10.9. The van der Waals surface area contributed by atoms with E-state index in [4.69, 9.17) is 11.5 Å². The quantitative estimate of drug-likeness (QED) is 0.604. The zero-order valence-corrected chi connectivity index (χ0v) is 14.0. The summed E-state index contributed by atoms with van der Waals surface area (Å²) in [4.78, 5) is 37.9. The highest BCUT2D eigenvalue weighted by atomic mass is 16.2. The van der Waals surface area contributed by atoms with Crippen LogP contribution in [0, 0.1) is 5.92 Å². The Balaban J connectivity index is 2.10. The molecule has 1 saturated carbocycles. The maximum Gasteiger partial charge on any atom is 0.240 e. The van der Waals surface area contributed by atoms with Gasteiger partial charge >= 0.3 is 0 Å². The van der Waals surface area contributed by atoms with Gasteiger partial charge in [0, 0.05) is 6.04 Å². The van der Waals surface area contributed by atoms with E-state index in [2.05, 4.69) is 5.32 Å². The van der Waals surface area contributed by atoms with Crippen LogP contribution in [0.4, 0.5) is 0 Å². The molecule has 3 fully saturated rings. The number of piperidine rings is 2. The zero-order chi connectivity index (χ0) is 17.1. The van der Waals surface area contributed by atoms with E-state index in [1.54, 1.807) is 11.8 Å².